The maximum absolute atomic E-state index is 12.7. The van der Waals surface area contributed by atoms with Gasteiger partial charge >= 0.3 is 0 Å². The molecule has 7 heteroatoms. The SMILES string of the molecule is Cc1ccc(C(C)NS(=O)(=O)c2cccc(C(=O)NC3CCCC3)c2)cn1. The van der Waals surface area contributed by atoms with Crippen molar-refractivity contribution in [3.63, 3.8) is 0 Å². The summed E-state index contributed by atoms with van der Waals surface area (Å²) in [6.45, 7) is 3.64. The van der Waals surface area contributed by atoms with Gasteiger partial charge in [-0.15, -0.1) is 0 Å². The summed E-state index contributed by atoms with van der Waals surface area (Å²) in [5.41, 5.74) is 2.00. The summed E-state index contributed by atoms with van der Waals surface area (Å²) >= 11 is 0. The Kier molecular flexibility index (Phi) is 5.92. The Morgan fingerprint density at radius 1 is 1.19 bits per heavy atom. The van der Waals surface area contributed by atoms with Gasteiger partial charge in [0.1, 0.15) is 0 Å². The summed E-state index contributed by atoms with van der Waals surface area (Å²) in [4.78, 5) is 16.7. The van der Waals surface area contributed by atoms with Crippen LogP contribution in [0.4, 0.5) is 0 Å². The summed E-state index contributed by atoms with van der Waals surface area (Å²) < 4.78 is 28.1. The van der Waals surface area contributed by atoms with Crippen LogP contribution in [0, 0.1) is 6.92 Å². The van der Waals surface area contributed by atoms with E-state index >= 15 is 0 Å². The Bertz CT molecular complexity index is 904. The smallest absolute Gasteiger partial charge is 0.251 e. The highest BCUT2D eigenvalue weighted by atomic mass is 32.2. The number of hydrogen-bond acceptors (Lipinski definition) is 4. The van der Waals surface area contributed by atoms with Crippen LogP contribution in [0.3, 0.4) is 0 Å². The molecule has 27 heavy (non-hydrogen) atoms. The van der Waals surface area contributed by atoms with Crippen LogP contribution in [0.1, 0.15) is 60.3 Å². The van der Waals surface area contributed by atoms with E-state index < -0.39 is 16.1 Å². The first-order valence-electron chi connectivity index (χ1n) is 9.21. The van der Waals surface area contributed by atoms with Gasteiger partial charge in [0.15, 0.2) is 0 Å². The van der Waals surface area contributed by atoms with Crippen molar-refractivity contribution >= 4 is 15.9 Å². The standard InChI is InChI=1S/C20H25N3O3S/c1-14-10-11-17(13-21-14)15(2)23-27(25,26)19-9-5-6-16(12-19)20(24)22-18-7-3-4-8-18/h5-6,9-13,15,18,23H,3-4,7-8H2,1-2H3,(H,22,24). The van der Waals surface area contributed by atoms with Crippen LogP contribution in [-0.2, 0) is 10.0 Å². The molecule has 1 atom stereocenters. The number of nitrogens with one attached hydrogen (secondary N) is 2. The fourth-order valence-electron chi connectivity index (χ4n) is 3.25. The third kappa shape index (κ3) is 4.93. The van der Waals surface area contributed by atoms with Crippen LogP contribution in [0.25, 0.3) is 0 Å². The van der Waals surface area contributed by atoms with E-state index in [-0.39, 0.29) is 16.8 Å². The van der Waals surface area contributed by atoms with Gasteiger partial charge in [-0.25, -0.2) is 13.1 Å². The van der Waals surface area contributed by atoms with Crippen molar-refractivity contribution in [2.24, 2.45) is 0 Å². The molecule has 1 aliphatic rings. The minimum Gasteiger partial charge on any atom is -0.349 e. The molecule has 0 radical (unpaired) electrons. The quantitative estimate of drug-likeness (QED) is 0.797. The molecule has 1 heterocycles. The van der Waals surface area contributed by atoms with Gasteiger partial charge in [-0.3, -0.25) is 9.78 Å². The van der Waals surface area contributed by atoms with Crippen molar-refractivity contribution in [2.45, 2.75) is 56.5 Å². The van der Waals surface area contributed by atoms with Crippen LogP contribution in [0.15, 0.2) is 47.5 Å². The molecule has 1 aromatic heterocycles. The predicted octanol–water partition coefficient (Wildman–Crippen LogP) is 3.10. The largest absolute Gasteiger partial charge is 0.349 e. The molecule has 2 N–H and O–H groups in total. The maximum atomic E-state index is 12.7. The fraction of sp³-hybridized carbons (Fsp3) is 0.400. The van der Waals surface area contributed by atoms with Crippen molar-refractivity contribution < 1.29 is 13.2 Å². The lowest BCUT2D eigenvalue weighted by Crippen LogP contribution is -2.33. The summed E-state index contributed by atoms with van der Waals surface area (Å²) in [6.07, 6.45) is 5.86. The first-order valence-corrected chi connectivity index (χ1v) is 10.7. The van der Waals surface area contributed by atoms with E-state index in [1.165, 1.54) is 12.1 Å². The Balaban J connectivity index is 1.74. The molecule has 0 aliphatic heterocycles. The molecule has 0 saturated heterocycles. The minimum absolute atomic E-state index is 0.0773. The lowest BCUT2D eigenvalue weighted by atomic mass is 10.1. The predicted molar refractivity (Wildman–Crippen MR) is 104 cm³/mol. The molecule has 1 aliphatic carbocycles. The van der Waals surface area contributed by atoms with Crippen LogP contribution < -0.4 is 10.0 Å². The van der Waals surface area contributed by atoms with Crippen LogP contribution in [0.5, 0.6) is 0 Å². The van der Waals surface area contributed by atoms with Crippen LogP contribution in [-0.4, -0.2) is 25.4 Å². The van der Waals surface area contributed by atoms with E-state index in [0.717, 1.165) is 36.9 Å². The van der Waals surface area contributed by atoms with Crippen molar-refractivity contribution in [3.8, 4) is 0 Å². The van der Waals surface area contributed by atoms with E-state index in [0.29, 0.717) is 5.56 Å². The Morgan fingerprint density at radius 3 is 2.59 bits per heavy atom. The third-order valence-corrected chi connectivity index (χ3v) is 6.40. The number of aryl methyl sites for hydroxylation is 1. The van der Waals surface area contributed by atoms with Gasteiger partial charge in [0, 0.05) is 29.5 Å². The number of aromatic nitrogens is 1. The second-order valence-electron chi connectivity index (χ2n) is 7.06. The molecule has 144 valence electrons. The second-order valence-corrected chi connectivity index (χ2v) is 8.77. The topological polar surface area (TPSA) is 88.2 Å². The molecular weight excluding hydrogens is 362 g/mol. The number of sulfonamides is 1. The highest BCUT2D eigenvalue weighted by Gasteiger charge is 2.22. The van der Waals surface area contributed by atoms with E-state index in [2.05, 4.69) is 15.0 Å². The molecule has 2 aromatic rings. The lowest BCUT2D eigenvalue weighted by Gasteiger charge is -2.16. The molecule has 3 rings (SSSR count). The Hall–Kier alpha value is -2.25. The van der Waals surface area contributed by atoms with E-state index in [1.807, 2.05) is 19.1 Å². The van der Waals surface area contributed by atoms with Crippen molar-refractivity contribution in [1.82, 2.24) is 15.0 Å². The summed E-state index contributed by atoms with van der Waals surface area (Å²) in [7, 11) is -3.76. The van der Waals surface area contributed by atoms with Gasteiger partial charge in [0.05, 0.1) is 4.90 Å². The van der Waals surface area contributed by atoms with E-state index in [4.69, 9.17) is 0 Å². The number of benzene rings is 1. The molecule has 1 fully saturated rings. The van der Waals surface area contributed by atoms with Crippen LogP contribution in [0.2, 0.25) is 0 Å². The first-order chi connectivity index (χ1) is 12.8. The number of carbonyl (C=O) groups is 1. The summed E-state index contributed by atoms with van der Waals surface area (Å²) in [6, 6.07) is 9.59. The lowest BCUT2D eigenvalue weighted by molar-refractivity contribution is 0.0937. The second kappa shape index (κ2) is 8.19. The molecule has 6 nitrogen and oxygen atoms in total. The van der Waals surface area contributed by atoms with Gasteiger partial charge in [0.25, 0.3) is 5.91 Å². The number of nitrogens with zero attached hydrogens (tertiary/aromatic N) is 1. The molecule has 1 unspecified atom stereocenters. The van der Waals surface area contributed by atoms with Gasteiger partial charge in [-0.2, -0.15) is 0 Å². The Morgan fingerprint density at radius 2 is 1.93 bits per heavy atom. The number of pyridine rings is 1. The van der Waals surface area contributed by atoms with Gasteiger partial charge < -0.3 is 5.32 Å². The average Bonchev–Trinajstić information content (AvgIpc) is 3.15. The van der Waals surface area contributed by atoms with Crippen molar-refractivity contribution in [3.05, 3.63) is 59.4 Å². The fourth-order valence-corrected chi connectivity index (χ4v) is 4.53. The monoisotopic (exact) mass is 387 g/mol. The zero-order valence-electron chi connectivity index (χ0n) is 15.6. The van der Waals surface area contributed by atoms with Gasteiger partial charge in [0.2, 0.25) is 10.0 Å². The van der Waals surface area contributed by atoms with Crippen LogP contribution >= 0.6 is 0 Å². The van der Waals surface area contributed by atoms with Gasteiger partial charge in [-0.05, 0) is 56.5 Å². The summed E-state index contributed by atoms with van der Waals surface area (Å²) in [5, 5.41) is 2.98. The maximum Gasteiger partial charge on any atom is 0.251 e. The highest BCUT2D eigenvalue weighted by molar-refractivity contribution is 7.89. The zero-order valence-corrected chi connectivity index (χ0v) is 16.4. The van der Waals surface area contributed by atoms with Crippen molar-refractivity contribution in [2.75, 3.05) is 0 Å². The average molecular weight is 388 g/mol. The zero-order chi connectivity index (χ0) is 19.4. The number of rotatable bonds is 6. The minimum atomic E-state index is -3.76. The molecular formula is C20H25N3O3S. The number of carbonyl (C=O) groups excluding carboxylic acids is 1. The molecule has 1 amide bonds. The number of hydrogen-bond donors (Lipinski definition) is 2. The highest BCUT2D eigenvalue weighted by Crippen LogP contribution is 2.20. The first kappa shape index (κ1) is 19.5. The number of amides is 1. The summed E-state index contributed by atoms with van der Waals surface area (Å²) in [5.74, 6) is -0.227. The van der Waals surface area contributed by atoms with E-state index in [1.54, 1.807) is 25.3 Å². The molecule has 0 bridgehead atoms. The Labute approximate surface area is 160 Å². The normalized spacial score (nSPS) is 16.2. The van der Waals surface area contributed by atoms with E-state index in [9.17, 15) is 13.2 Å². The van der Waals surface area contributed by atoms with Gasteiger partial charge in [-0.1, -0.05) is 25.0 Å². The molecule has 0 spiro atoms. The van der Waals surface area contributed by atoms with Crippen molar-refractivity contribution in [1.29, 1.82) is 0 Å². The third-order valence-electron chi connectivity index (χ3n) is 4.86. The molecule has 1 saturated carbocycles. The molecule has 1 aromatic carbocycles.